The average molecular weight is 371 g/mol. The molecule has 28 heavy (non-hydrogen) atoms. The van der Waals surface area contributed by atoms with Crippen molar-refractivity contribution >= 4 is 16.7 Å². The van der Waals surface area contributed by atoms with Crippen molar-refractivity contribution in [3.8, 4) is 0 Å². The summed E-state index contributed by atoms with van der Waals surface area (Å²) in [5, 5.41) is 2.52. The van der Waals surface area contributed by atoms with Gasteiger partial charge in [0, 0.05) is 35.6 Å². The third-order valence-electron chi connectivity index (χ3n) is 6.46. The van der Waals surface area contributed by atoms with Crippen LogP contribution in [0, 0.1) is 12.8 Å². The smallest absolute Gasteiger partial charge is 0.272 e. The fourth-order valence-corrected chi connectivity index (χ4v) is 5.25. The number of pyridine rings is 2. The summed E-state index contributed by atoms with van der Waals surface area (Å²) in [5.74, 6) is 0.738. The molecule has 0 spiro atoms. The van der Waals surface area contributed by atoms with Gasteiger partial charge in [-0.05, 0) is 74.1 Å². The van der Waals surface area contributed by atoms with Crippen LogP contribution in [0.3, 0.4) is 0 Å². The lowest BCUT2D eigenvalue weighted by Gasteiger charge is -2.39. The number of aromatic nitrogens is 2. The predicted octanol–water partition coefficient (Wildman–Crippen LogP) is 4.56. The number of piperidine rings is 1. The highest BCUT2D eigenvalue weighted by atomic mass is 16.2. The van der Waals surface area contributed by atoms with Crippen LogP contribution >= 0.6 is 0 Å². The summed E-state index contributed by atoms with van der Waals surface area (Å²) < 4.78 is 0. The van der Waals surface area contributed by atoms with Gasteiger partial charge < -0.3 is 4.90 Å². The van der Waals surface area contributed by atoms with E-state index in [4.69, 9.17) is 0 Å². The van der Waals surface area contributed by atoms with Gasteiger partial charge in [0.15, 0.2) is 0 Å². The van der Waals surface area contributed by atoms with E-state index < -0.39 is 0 Å². The Bertz CT molecular complexity index is 1010. The molecule has 4 heteroatoms. The van der Waals surface area contributed by atoms with E-state index in [1.807, 2.05) is 37.5 Å². The number of amides is 1. The molecule has 2 saturated heterocycles. The number of hydrogen-bond acceptors (Lipinski definition) is 3. The van der Waals surface area contributed by atoms with Gasteiger partial charge in [-0.3, -0.25) is 9.78 Å². The Morgan fingerprint density at radius 1 is 1.07 bits per heavy atom. The number of nitrogens with zero attached hydrogens (tertiary/aromatic N) is 3. The summed E-state index contributed by atoms with van der Waals surface area (Å²) in [6.45, 7) is 1.94. The molecule has 3 aromatic rings. The lowest BCUT2D eigenvalue weighted by Crippen LogP contribution is -2.47. The van der Waals surface area contributed by atoms with Crippen molar-refractivity contribution in [2.45, 2.75) is 51.1 Å². The zero-order valence-corrected chi connectivity index (χ0v) is 16.2. The monoisotopic (exact) mass is 371 g/mol. The van der Waals surface area contributed by atoms with Crippen LogP contribution in [-0.4, -0.2) is 32.9 Å². The minimum Gasteiger partial charge on any atom is -0.331 e. The van der Waals surface area contributed by atoms with Crippen LogP contribution in [0.5, 0.6) is 0 Å². The maximum absolute atomic E-state index is 13.1. The van der Waals surface area contributed by atoms with E-state index in [2.05, 4.69) is 39.1 Å². The highest BCUT2D eigenvalue weighted by molar-refractivity contribution is 5.93. The van der Waals surface area contributed by atoms with Crippen molar-refractivity contribution in [3.63, 3.8) is 0 Å². The summed E-state index contributed by atoms with van der Waals surface area (Å²) in [4.78, 5) is 24.0. The summed E-state index contributed by atoms with van der Waals surface area (Å²) in [7, 11) is 0. The molecule has 2 atom stereocenters. The number of benzene rings is 1. The van der Waals surface area contributed by atoms with Gasteiger partial charge in [0.2, 0.25) is 0 Å². The SMILES string of the molecule is Cc1cccc(C(=O)N2C3CCC2CC(Cc2cccc4ccncc24)C3)n1. The highest BCUT2D eigenvalue weighted by Crippen LogP contribution is 2.41. The Hall–Kier alpha value is -2.75. The Morgan fingerprint density at radius 2 is 1.86 bits per heavy atom. The number of aryl methyl sites for hydroxylation is 1. The summed E-state index contributed by atoms with van der Waals surface area (Å²) >= 11 is 0. The van der Waals surface area contributed by atoms with Gasteiger partial charge in [0.25, 0.3) is 5.91 Å². The molecule has 0 saturated carbocycles. The maximum atomic E-state index is 13.1. The molecule has 142 valence electrons. The van der Waals surface area contributed by atoms with Crippen LogP contribution < -0.4 is 0 Å². The van der Waals surface area contributed by atoms with E-state index in [9.17, 15) is 4.79 Å². The molecule has 4 heterocycles. The first-order valence-electron chi connectivity index (χ1n) is 10.3. The topological polar surface area (TPSA) is 46.1 Å². The largest absolute Gasteiger partial charge is 0.331 e. The maximum Gasteiger partial charge on any atom is 0.272 e. The quantitative estimate of drug-likeness (QED) is 0.678. The standard InChI is InChI=1S/C24H25N3O/c1-16-4-2-7-23(26-16)24(28)27-20-8-9-21(27)14-17(13-20)12-19-6-3-5-18-10-11-25-15-22(18)19/h2-7,10-11,15,17,20-21H,8-9,12-14H2,1H3. The van der Waals surface area contributed by atoms with Gasteiger partial charge in [0.05, 0.1) is 0 Å². The first-order chi connectivity index (χ1) is 13.7. The molecule has 0 N–H and O–H groups in total. The molecule has 2 fully saturated rings. The molecule has 1 amide bonds. The Balaban J connectivity index is 1.35. The highest BCUT2D eigenvalue weighted by Gasteiger charge is 2.43. The second kappa shape index (κ2) is 7.01. The molecule has 2 bridgehead atoms. The summed E-state index contributed by atoms with van der Waals surface area (Å²) in [6, 6.07) is 15.0. The molecule has 2 unspecified atom stereocenters. The molecule has 2 aliphatic rings. The van der Waals surface area contributed by atoms with Crippen molar-refractivity contribution in [2.75, 3.05) is 0 Å². The third-order valence-corrected chi connectivity index (χ3v) is 6.46. The Labute approximate surface area is 165 Å². The van der Waals surface area contributed by atoms with Crippen LogP contribution in [0.2, 0.25) is 0 Å². The second-order valence-electron chi connectivity index (χ2n) is 8.32. The minimum absolute atomic E-state index is 0.115. The minimum atomic E-state index is 0.115. The van der Waals surface area contributed by atoms with Gasteiger partial charge in [0.1, 0.15) is 5.69 Å². The lowest BCUT2D eigenvalue weighted by atomic mass is 9.84. The van der Waals surface area contributed by atoms with Crippen LogP contribution in [0.25, 0.3) is 10.8 Å². The van der Waals surface area contributed by atoms with Gasteiger partial charge in [-0.2, -0.15) is 0 Å². The van der Waals surface area contributed by atoms with E-state index in [1.165, 1.54) is 16.3 Å². The van der Waals surface area contributed by atoms with Crippen LogP contribution in [0.15, 0.2) is 54.9 Å². The molecule has 1 aromatic carbocycles. The molecule has 2 aliphatic heterocycles. The van der Waals surface area contributed by atoms with Gasteiger partial charge in [-0.15, -0.1) is 0 Å². The first kappa shape index (κ1) is 17.4. The Morgan fingerprint density at radius 3 is 2.64 bits per heavy atom. The van der Waals surface area contributed by atoms with Gasteiger partial charge in [-0.1, -0.05) is 24.3 Å². The predicted molar refractivity (Wildman–Crippen MR) is 110 cm³/mol. The molecule has 5 rings (SSSR count). The fraction of sp³-hybridized carbons (Fsp3) is 0.375. The van der Waals surface area contributed by atoms with E-state index in [-0.39, 0.29) is 5.91 Å². The zero-order chi connectivity index (χ0) is 19.1. The Kier molecular flexibility index (Phi) is 4.34. The first-order valence-corrected chi connectivity index (χ1v) is 10.3. The van der Waals surface area contributed by atoms with E-state index in [0.29, 0.717) is 23.7 Å². The lowest BCUT2D eigenvalue weighted by molar-refractivity contribution is 0.0518. The fourth-order valence-electron chi connectivity index (χ4n) is 5.25. The average Bonchev–Trinajstić information content (AvgIpc) is 2.98. The number of rotatable bonds is 3. The number of carbonyl (C=O) groups is 1. The van der Waals surface area contributed by atoms with Crippen molar-refractivity contribution in [3.05, 3.63) is 71.8 Å². The number of fused-ring (bicyclic) bond motifs is 3. The summed E-state index contributed by atoms with van der Waals surface area (Å²) in [5.41, 5.74) is 2.88. The van der Waals surface area contributed by atoms with Crippen LogP contribution in [0.1, 0.15) is 47.4 Å². The normalized spacial score (nSPS) is 23.9. The molecule has 0 aliphatic carbocycles. The molecular weight excluding hydrogens is 346 g/mol. The van der Waals surface area contributed by atoms with Gasteiger partial charge in [-0.25, -0.2) is 4.98 Å². The number of hydrogen-bond donors (Lipinski definition) is 0. The van der Waals surface area contributed by atoms with Crippen LogP contribution in [0.4, 0.5) is 0 Å². The summed E-state index contributed by atoms with van der Waals surface area (Å²) in [6.07, 6.45) is 9.33. The van der Waals surface area contributed by atoms with E-state index >= 15 is 0 Å². The van der Waals surface area contributed by atoms with Crippen LogP contribution in [-0.2, 0) is 6.42 Å². The zero-order valence-electron chi connectivity index (χ0n) is 16.2. The molecule has 4 nitrogen and oxygen atoms in total. The second-order valence-corrected chi connectivity index (χ2v) is 8.32. The van der Waals surface area contributed by atoms with E-state index in [1.54, 1.807) is 0 Å². The van der Waals surface area contributed by atoms with Crippen molar-refractivity contribution < 1.29 is 4.79 Å². The van der Waals surface area contributed by atoms with Crippen molar-refractivity contribution in [1.29, 1.82) is 0 Å². The molecule has 2 aromatic heterocycles. The molecular formula is C24H25N3O. The van der Waals surface area contributed by atoms with E-state index in [0.717, 1.165) is 37.8 Å². The third kappa shape index (κ3) is 3.07. The number of carbonyl (C=O) groups excluding carboxylic acids is 1. The van der Waals surface area contributed by atoms with Gasteiger partial charge >= 0.3 is 0 Å². The van der Waals surface area contributed by atoms with Crippen molar-refractivity contribution in [1.82, 2.24) is 14.9 Å². The van der Waals surface area contributed by atoms with Crippen molar-refractivity contribution in [2.24, 2.45) is 5.92 Å². The molecule has 0 radical (unpaired) electrons.